The van der Waals surface area contributed by atoms with Crippen molar-refractivity contribution in [2.24, 2.45) is 5.73 Å². The van der Waals surface area contributed by atoms with Gasteiger partial charge in [-0.2, -0.15) is 0 Å². The third-order valence-electron chi connectivity index (χ3n) is 3.87. The number of nitrogens with one attached hydrogen (secondary N) is 1. The van der Waals surface area contributed by atoms with E-state index in [0.29, 0.717) is 18.6 Å². The number of hydrogen-bond acceptors (Lipinski definition) is 5. The van der Waals surface area contributed by atoms with Gasteiger partial charge in [-0.3, -0.25) is 4.79 Å². The maximum Gasteiger partial charge on any atom is 0.328 e. The molecule has 2 aromatic carbocycles. The lowest BCUT2D eigenvalue weighted by molar-refractivity contribution is -0.134. The molecule has 0 aliphatic heterocycles. The summed E-state index contributed by atoms with van der Waals surface area (Å²) in [7, 11) is 0. The molecule has 1 atom stereocenters. The first-order valence-corrected chi connectivity index (χ1v) is 8.64. The molecule has 0 bridgehead atoms. The van der Waals surface area contributed by atoms with Crippen LogP contribution in [0.2, 0.25) is 0 Å². The third kappa shape index (κ3) is 8.72. The summed E-state index contributed by atoms with van der Waals surface area (Å²) in [6.45, 7) is 1.93. The lowest BCUT2D eigenvalue weighted by atomic mass is 9.85. The Morgan fingerprint density at radius 2 is 1.48 bits per heavy atom. The molecule has 0 radical (unpaired) electrons. The Balaban J connectivity index is 0.000000447. The van der Waals surface area contributed by atoms with Gasteiger partial charge in [0.15, 0.2) is 0 Å². The number of carbonyl (C=O) groups is 3. The van der Waals surface area contributed by atoms with Gasteiger partial charge in [0, 0.05) is 12.2 Å². The van der Waals surface area contributed by atoms with E-state index in [1.807, 2.05) is 49.4 Å². The van der Waals surface area contributed by atoms with Gasteiger partial charge in [0.05, 0.1) is 12.1 Å². The highest BCUT2D eigenvalue weighted by Gasteiger charge is 2.28. The topological polar surface area (TPSA) is 150 Å². The summed E-state index contributed by atoms with van der Waals surface area (Å²) >= 11 is 0. The van der Waals surface area contributed by atoms with Crippen molar-refractivity contribution >= 4 is 17.8 Å². The summed E-state index contributed by atoms with van der Waals surface area (Å²) < 4.78 is 0. The quantitative estimate of drug-likeness (QED) is 0.443. The number of nitrogens with two attached hydrogens (primary N) is 1. The highest BCUT2D eigenvalue weighted by molar-refractivity contribution is 5.89. The van der Waals surface area contributed by atoms with Gasteiger partial charge in [-0.05, 0) is 36.6 Å². The van der Waals surface area contributed by atoms with Gasteiger partial charge in [-0.25, -0.2) is 9.59 Å². The minimum atomic E-state index is -1.26. The molecule has 0 saturated carbocycles. The van der Waals surface area contributed by atoms with Crippen molar-refractivity contribution in [2.75, 3.05) is 6.54 Å². The number of benzene rings is 2. The van der Waals surface area contributed by atoms with Crippen LogP contribution in [-0.2, 0) is 26.3 Å². The zero-order chi connectivity index (χ0) is 21.9. The van der Waals surface area contributed by atoms with E-state index in [4.69, 9.17) is 15.9 Å². The van der Waals surface area contributed by atoms with Crippen molar-refractivity contribution in [3.05, 3.63) is 77.9 Å². The molecule has 0 aliphatic carbocycles. The van der Waals surface area contributed by atoms with Crippen LogP contribution < -0.4 is 11.1 Å². The highest BCUT2D eigenvalue weighted by atomic mass is 16.4. The molecule has 1 unspecified atom stereocenters. The van der Waals surface area contributed by atoms with Gasteiger partial charge in [0.1, 0.15) is 5.75 Å². The fraction of sp³-hybridized carbons (Fsp3) is 0.190. The molecule has 2 aromatic rings. The molecule has 8 heteroatoms. The maximum atomic E-state index is 11.8. The molecule has 0 aliphatic rings. The number of hydrogen-bond donors (Lipinski definition) is 5. The zero-order valence-electron chi connectivity index (χ0n) is 15.9. The molecule has 0 aromatic heterocycles. The average molecular weight is 400 g/mol. The van der Waals surface area contributed by atoms with Crippen LogP contribution in [-0.4, -0.2) is 39.7 Å². The fourth-order valence-corrected chi connectivity index (χ4v) is 2.55. The molecule has 0 heterocycles. The number of carbonyl (C=O) groups excluding carboxylic acids is 1. The van der Waals surface area contributed by atoms with Crippen molar-refractivity contribution in [2.45, 2.75) is 18.9 Å². The predicted octanol–water partition coefficient (Wildman–Crippen LogP) is 1.64. The Hall–Kier alpha value is -3.65. The summed E-state index contributed by atoms with van der Waals surface area (Å²) in [5.41, 5.74) is 6.92. The van der Waals surface area contributed by atoms with E-state index in [2.05, 4.69) is 5.32 Å². The second kappa shape index (κ2) is 11.3. The Kier molecular flexibility index (Phi) is 9.07. The van der Waals surface area contributed by atoms with Gasteiger partial charge in [0.25, 0.3) is 0 Å². The number of phenolic OH excluding ortho intramolecular Hbond substituents is 1. The van der Waals surface area contributed by atoms with Gasteiger partial charge < -0.3 is 26.4 Å². The molecule has 0 spiro atoms. The first kappa shape index (κ1) is 23.4. The normalized spacial score (nSPS) is 12.3. The first-order chi connectivity index (χ1) is 13.7. The second-order valence-corrected chi connectivity index (χ2v) is 6.30. The molecule has 1 amide bonds. The van der Waals surface area contributed by atoms with E-state index in [1.165, 1.54) is 0 Å². The first-order valence-electron chi connectivity index (χ1n) is 8.64. The van der Waals surface area contributed by atoms with Gasteiger partial charge in [-0.15, -0.1) is 0 Å². The van der Waals surface area contributed by atoms with Crippen molar-refractivity contribution in [1.82, 2.24) is 5.32 Å². The van der Waals surface area contributed by atoms with Crippen LogP contribution >= 0.6 is 0 Å². The number of amides is 1. The van der Waals surface area contributed by atoms with Crippen LogP contribution in [0.3, 0.4) is 0 Å². The molecule has 154 valence electrons. The maximum absolute atomic E-state index is 11.8. The van der Waals surface area contributed by atoms with E-state index < -0.39 is 17.5 Å². The van der Waals surface area contributed by atoms with Crippen molar-refractivity contribution in [3.63, 3.8) is 0 Å². The SMILES string of the molecule is CC(Cc1ccc(O)cc1)(NC(=O)CN)c1ccccc1.O=C(O)/C=C\C(=O)O. The van der Waals surface area contributed by atoms with E-state index in [9.17, 15) is 19.5 Å². The minimum Gasteiger partial charge on any atom is -0.508 e. The van der Waals surface area contributed by atoms with Crippen LogP contribution in [0.1, 0.15) is 18.1 Å². The minimum absolute atomic E-state index is 0.0436. The fourth-order valence-electron chi connectivity index (χ4n) is 2.55. The monoisotopic (exact) mass is 400 g/mol. The van der Waals surface area contributed by atoms with Crippen LogP contribution in [0.4, 0.5) is 0 Å². The van der Waals surface area contributed by atoms with E-state index in [0.717, 1.165) is 11.1 Å². The average Bonchev–Trinajstić information content (AvgIpc) is 2.69. The number of aliphatic carboxylic acids is 2. The van der Waals surface area contributed by atoms with Gasteiger partial charge in [-0.1, -0.05) is 42.5 Å². The van der Waals surface area contributed by atoms with E-state index in [-0.39, 0.29) is 18.2 Å². The van der Waals surface area contributed by atoms with Crippen LogP contribution in [0.25, 0.3) is 0 Å². The highest BCUT2D eigenvalue weighted by Crippen LogP contribution is 2.26. The van der Waals surface area contributed by atoms with E-state index in [1.54, 1.807) is 12.1 Å². The summed E-state index contributed by atoms with van der Waals surface area (Å²) in [5, 5.41) is 28.0. The smallest absolute Gasteiger partial charge is 0.328 e. The summed E-state index contributed by atoms with van der Waals surface area (Å²) in [4.78, 5) is 30.9. The number of aromatic hydroxyl groups is 1. The standard InChI is InChI=1S/C17H20N2O2.C4H4O4/c1-17(19-16(21)12-18,14-5-3-2-4-6-14)11-13-7-9-15(20)10-8-13;5-3(6)1-2-4(7)8/h2-10,20H,11-12,18H2,1H3,(H,19,21);1-2H,(H,5,6)(H,7,8)/b;2-1-. The predicted molar refractivity (Wildman–Crippen MR) is 107 cm³/mol. The second-order valence-electron chi connectivity index (χ2n) is 6.30. The van der Waals surface area contributed by atoms with Crippen LogP contribution in [0.15, 0.2) is 66.7 Å². The molecule has 6 N–H and O–H groups in total. The molecule has 29 heavy (non-hydrogen) atoms. The number of phenols is 1. The molecule has 8 nitrogen and oxygen atoms in total. The van der Waals surface area contributed by atoms with Crippen molar-refractivity contribution in [1.29, 1.82) is 0 Å². The molecular formula is C21H24N2O6. The van der Waals surface area contributed by atoms with Crippen LogP contribution in [0.5, 0.6) is 5.75 Å². The van der Waals surface area contributed by atoms with Crippen molar-refractivity contribution in [3.8, 4) is 5.75 Å². The summed E-state index contributed by atoms with van der Waals surface area (Å²) in [6, 6.07) is 16.8. The number of carboxylic acids is 2. The third-order valence-corrected chi connectivity index (χ3v) is 3.87. The van der Waals surface area contributed by atoms with Crippen LogP contribution in [0, 0.1) is 0 Å². The molecule has 0 fully saturated rings. The Labute approximate surface area is 168 Å². The largest absolute Gasteiger partial charge is 0.508 e. The Bertz CT molecular complexity index is 833. The van der Waals surface area contributed by atoms with Gasteiger partial charge in [0.2, 0.25) is 5.91 Å². The molecule has 2 rings (SSSR count). The summed E-state index contributed by atoms with van der Waals surface area (Å²) in [5.74, 6) is -2.48. The molecular weight excluding hydrogens is 376 g/mol. The molecule has 0 saturated heterocycles. The van der Waals surface area contributed by atoms with E-state index >= 15 is 0 Å². The number of carboxylic acid groups (broad SMARTS) is 2. The van der Waals surface area contributed by atoms with Crippen molar-refractivity contribution < 1.29 is 29.7 Å². The lowest BCUT2D eigenvalue weighted by Crippen LogP contribution is -2.47. The lowest BCUT2D eigenvalue weighted by Gasteiger charge is -2.31. The number of rotatable bonds is 7. The Morgan fingerprint density at radius 3 is 1.93 bits per heavy atom. The summed E-state index contributed by atoms with van der Waals surface area (Å²) in [6.07, 6.45) is 1.73. The zero-order valence-corrected chi connectivity index (χ0v) is 15.9. The Morgan fingerprint density at radius 1 is 0.966 bits per heavy atom. The van der Waals surface area contributed by atoms with Gasteiger partial charge >= 0.3 is 11.9 Å².